The van der Waals surface area contributed by atoms with Gasteiger partial charge in [-0.3, -0.25) is 4.79 Å². The van der Waals surface area contributed by atoms with E-state index < -0.39 is 0 Å². The lowest BCUT2D eigenvalue weighted by molar-refractivity contribution is 0.102. The molecule has 1 saturated heterocycles. The molecule has 1 aliphatic heterocycles. The first kappa shape index (κ1) is 19.1. The van der Waals surface area contributed by atoms with Crippen LogP contribution in [0.1, 0.15) is 37.1 Å². The largest absolute Gasteiger partial charge is 0.378 e. The van der Waals surface area contributed by atoms with Crippen molar-refractivity contribution in [3.05, 3.63) is 41.9 Å². The summed E-state index contributed by atoms with van der Waals surface area (Å²) in [6.45, 7) is 10.9. The first-order chi connectivity index (χ1) is 12.8. The Bertz CT molecular complexity index is 810. The fourth-order valence-electron chi connectivity index (χ4n) is 2.98. The number of hydrogen-bond donors (Lipinski definition) is 2. The minimum atomic E-state index is -0.252. The van der Waals surface area contributed by atoms with Crippen molar-refractivity contribution in [3.8, 4) is 0 Å². The number of carbonyl (C=O) groups is 1. The topological polar surface area (TPSA) is 79.4 Å². The second-order valence-corrected chi connectivity index (χ2v) is 7.63. The van der Waals surface area contributed by atoms with Gasteiger partial charge in [0.1, 0.15) is 17.3 Å². The maximum atomic E-state index is 12.8. The van der Waals surface area contributed by atoms with Gasteiger partial charge in [0, 0.05) is 24.7 Å². The van der Waals surface area contributed by atoms with E-state index in [0.29, 0.717) is 30.5 Å². The molecular weight excluding hydrogens is 342 g/mol. The summed E-state index contributed by atoms with van der Waals surface area (Å²) in [5.41, 5.74) is 1.95. The summed E-state index contributed by atoms with van der Waals surface area (Å²) < 4.78 is 5.42. The standard InChI is InChI=1S/C20H27N5O2/c1-14-21-16(13-18(22-14)24-20(2,3)4)19(26)23-15-7-5-6-8-17(15)25-9-11-27-12-10-25/h5-8,13H,9-12H2,1-4H3,(H,23,26)(H,21,22,24). The highest BCUT2D eigenvalue weighted by atomic mass is 16.5. The predicted octanol–water partition coefficient (Wildman–Crippen LogP) is 3.08. The van der Waals surface area contributed by atoms with E-state index in [0.717, 1.165) is 24.5 Å². The number of nitrogens with one attached hydrogen (secondary N) is 2. The Balaban J connectivity index is 1.82. The van der Waals surface area contributed by atoms with Crippen molar-refractivity contribution in [1.82, 2.24) is 9.97 Å². The van der Waals surface area contributed by atoms with E-state index in [1.165, 1.54) is 0 Å². The van der Waals surface area contributed by atoms with Crippen molar-refractivity contribution in [1.29, 1.82) is 0 Å². The van der Waals surface area contributed by atoms with Crippen LogP contribution in [0.5, 0.6) is 0 Å². The van der Waals surface area contributed by atoms with Gasteiger partial charge in [-0.1, -0.05) is 12.1 Å². The molecule has 144 valence electrons. The lowest BCUT2D eigenvalue weighted by Crippen LogP contribution is -2.36. The average molecular weight is 369 g/mol. The summed E-state index contributed by atoms with van der Waals surface area (Å²) in [5, 5.41) is 6.29. The minimum absolute atomic E-state index is 0.155. The van der Waals surface area contributed by atoms with Gasteiger partial charge in [0.2, 0.25) is 0 Å². The minimum Gasteiger partial charge on any atom is -0.378 e. The average Bonchev–Trinajstić information content (AvgIpc) is 2.61. The Morgan fingerprint density at radius 3 is 2.56 bits per heavy atom. The Morgan fingerprint density at radius 1 is 1.15 bits per heavy atom. The molecule has 1 aromatic carbocycles. The van der Waals surface area contributed by atoms with Crippen LogP contribution < -0.4 is 15.5 Å². The first-order valence-electron chi connectivity index (χ1n) is 9.19. The quantitative estimate of drug-likeness (QED) is 0.862. The molecule has 1 fully saturated rings. The van der Waals surface area contributed by atoms with Gasteiger partial charge < -0.3 is 20.3 Å². The Labute approximate surface area is 160 Å². The van der Waals surface area contributed by atoms with E-state index in [4.69, 9.17) is 4.74 Å². The molecule has 3 rings (SSSR count). The molecule has 27 heavy (non-hydrogen) atoms. The van der Waals surface area contributed by atoms with Crippen LogP contribution in [0.3, 0.4) is 0 Å². The second kappa shape index (κ2) is 7.92. The van der Waals surface area contributed by atoms with E-state index in [1.54, 1.807) is 13.0 Å². The summed E-state index contributed by atoms with van der Waals surface area (Å²) in [4.78, 5) is 23.7. The molecule has 7 nitrogen and oxygen atoms in total. The Kier molecular flexibility index (Phi) is 5.60. The third-order valence-corrected chi connectivity index (χ3v) is 4.08. The van der Waals surface area contributed by atoms with Gasteiger partial charge in [0.05, 0.1) is 24.6 Å². The predicted molar refractivity (Wildman–Crippen MR) is 108 cm³/mol. The fourth-order valence-corrected chi connectivity index (χ4v) is 2.98. The molecule has 0 spiro atoms. The highest BCUT2D eigenvalue weighted by Gasteiger charge is 2.18. The molecule has 1 amide bonds. The number of benzene rings is 1. The van der Waals surface area contributed by atoms with Crippen LogP contribution in [-0.4, -0.2) is 47.7 Å². The number of para-hydroxylation sites is 2. The number of anilines is 3. The van der Waals surface area contributed by atoms with Crippen molar-refractivity contribution in [3.63, 3.8) is 0 Å². The zero-order chi connectivity index (χ0) is 19.4. The molecule has 0 atom stereocenters. The SMILES string of the molecule is Cc1nc(NC(C)(C)C)cc(C(=O)Nc2ccccc2N2CCOCC2)n1. The van der Waals surface area contributed by atoms with E-state index in [9.17, 15) is 4.79 Å². The molecule has 7 heteroatoms. The molecule has 2 N–H and O–H groups in total. The number of aryl methyl sites for hydroxylation is 1. The van der Waals surface area contributed by atoms with Gasteiger partial charge >= 0.3 is 0 Å². The van der Waals surface area contributed by atoms with Crippen LogP contribution >= 0.6 is 0 Å². The monoisotopic (exact) mass is 369 g/mol. The molecule has 0 aliphatic carbocycles. The number of nitrogens with zero attached hydrogens (tertiary/aromatic N) is 3. The van der Waals surface area contributed by atoms with E-state index in [1.807, 2.05) is 45.0 Å². The Morgan fingerprint density at radius 2 is 1.85 bits per heavy atom. The summed E-state index contributed by atoms with van der Waals surface area (Å²) in [7, 11) is 0. The van der Waals surface area contributed by atoms with Gasteiger partial charge in [0.25, 0.3) is 5.91 Å². The van der Waals surface area contributed by atoms with Gasteiger partial charge in [-0.05, 0) is 39.8 Å². The van der Waals surface area contributed by atoms with E-state index in [-0.39, 0.29) is 11.4 Å². The molecule has 0 saturated carbocycles. The number of rotatable bonds is 4. The number of ether oxygens (including phenoxy) is 1. The fraction of sp³-hybridized carbons (Fsp3) is 0.450. The summed E-state index contributed by atoms with van der Waals surface area (Å²) in [5.74, 6) is 0.940. The first-order valence-corrected chi connectivity index (χ1v) is 9.19. The van der Waals surface area contributed by atoms with Gasteiger partial charge in [-0.25, -0.2) is 9.97 Å². The smallest absolute Gasteiger partial charge is 0.274 e. The van der Waals surface area contributed by atoms with Crippen molar-refractivity contribution in [2.24, 2.45) is 0 Å². The maximum Gasteiger partial charge on any atom is 0.274 e. The molecular formula is C20H27N5O2. The summed E-state index contributed by atoms with van der Waals surface area (Å²) in [6.07, 6.45) is 0. The maximum absolute atomic E-state index is 12.8. The number of morpholine rings is 1. The number of hydrogen-bond acceptors (Lipinski definition) is 6. The van der Waals surface area contributed by atoms with Crippen LogP contribution in [-0.2, 0) is 4.74 Å². The van der Waals surface area contributed by atoms with Crippen molar-refractivity contribution >= 4 is 23.1 Å². The number of aromatic nitrogens is 2. The van der Waals surface area contributed by atoms with E-state index in [2.05, 4.69) is 25.5 Å². The molecule has 1 aliphatic rings. The van der Waals surface area contributed by atoms with Gasteiger partial charge in [-0.15, -0.1) is 0 Å². The van der Waals surface area contributed by atoms with Crippen LogP contribution in [0.25, 0.3) is 0 Å². The molecule has 1 aromatic heterocycles. The number of carbonyl (C=O) groups excluding carboxylic acids is 1. The molecule has 0 unspecified atom stereocenters. The lowest BCUT2D eigenvalue weighted by atomic mass is 10.1. The van der Waals surface area contributed by atoms with Gasteiger partial charge in [0.15, 0.2) is 0 Å². The Hall–Kier alpha value is -2.67. The third kappa shape index (κ3) is 5.17. The number of amides is 1. The molecule has 0 radical (unpaired) electrons. The third-order valence-electron chi connectivity index (χ3n) is 4.08. The second-order valence-electron chi connectivity index (χ2n) is 7.63. The molecule has 2 heterocycles. The van der Waals surface area contributed by atoms with Crippen molar-refractivity contribution < 1.29 is 9.53 Å². The summed E-state index contributed by atoms with van der Waals surface area (Å²) in [6, 6.07) is 9.49. The van der Waals surface area contributed by atoms with Gasteiger partial charge in [-0.2, -0.15) is 0 Å². The van der Waals surface area contributed by atoms with Crippen molar-refractivity contribution in [2.75, 3.05) is 41.8 Å². The lowest BCUT2D eigenvalue weighted by Gasteiger charge is -2.30. The summed E-state index contributed by atoms with van der Waals surface area (Å²) >= 11 is 0. The van der Waals surface area contributed by atoms with E-state index >= 15 is 0 Å². The zero-order valence-electron chi connectivity index (χ0n) is 16.4. The zero-order valence-corrected chi connectivity index (χ0v) is 16.4. The van der Waals surface area contributed by atoms with Crippen LogP contribution in [0, 0.1) is 6.92 Å². The highest BCUT2D eigenvalue weighted by Crippen LogP contribution is 2.27. The van der Waals surface area contributed by atoms with Crippen LogP contribution in [0.15, 0.2) is 30.3 Å². The molecule has 0 bridgehead atoms. The van der Waals surface area contributed by atoms with Crippen LogP contribution in [0.2, 0.25) is 0 Å². The molecule has 2 aromatic rings. The van der Waals surface area contributed by atoms with Crippen molar-refractivity contribution in [2.45, 2.75) is 33.2 Å². The normalized spacial score (nSPS) is 14.7. The highest BCUT2D eigenvalue weighted by molar-refractivity contribution is 6.05. The van der Waals surface area contributed by atoms with Crippen LogP contribution in [0.4, 0.5) is 17.2 Å².